The van der Waals surface area contributed by atoms with Crippen LogP contribution in [0.5, 0.6) is 5.75 Å². The average Bonchev–Trinajstić information content (AvgIpc) is 3.67. The molecule has 3 heterocycles. The van der Waals surface area contributed by atoms with Crippen molar-refractivity contribution >= 4 is 17.5 Å². The minimum atomic E-state index is -0.0496. The van der Waals surface area contributed by atoms with Gasteiger partial charge in [0.25, 0.3) is 5.91 Å². The zero-order valence-electron chi connectivity index (χ0n) is 20.7. The Morgan fingerprint density at radius 3 is 2.73 bits per heavy atom. The predicted octanol–water partition coefficient (Wildman–Crippen LogP) is 4.33. The largest absolute Gasteiger partial charge is 0.493 e. The summed E-state index contributed by atoms with van der Waals surface area (Å²) in [6.45, 7) is 1.17. The number of ether oxygens (including phenoxy) is 1. The van der Waals surface area contributed by atoms with E-state index >= 15 is 0 Å². The summed E-state index contributed by atoms with van der Waals surface area (Å²) < 4.78 is 7.36. The van der Waals surface area contributed by atoms with Crippen molar-refractivity contribution in [3.05, 3.63) is 48.4 Å². The van der Waals surface area contributed by atoms with E-state index < -0.39 is 0 Å². The lowest BCUT2D eigenvalue weighted by Gasteiger charge is -2.29. The Balaban J connectivity index is 1.34. The third-order valence-corrected chi connectivity index (χ3v) is 6.99. The summed E-state index contributed by atoms with van der Waals surface area (Å²) in [6, 6.07) is 11.9. The van der Waals surface area contributed by atoms with Crippen molar-refractivity contribution in [3.8, 4) is 29.1 Å². The second kappa shape index (κ2) is 10.7. The molecule has 10 nitrogen and oxygen atoms in total. The maximum atomic E-state index is 13.0. The molecule has 2 aliphatic rings. The maximum Gasteiger partial charge on any atom is 0.253 e. The molecule has 5 rings (SSSR count). The SMILES string of the molecule is COc1cnc(Nc2cccc(C(=O)N3CCC(C#N)CC3)c2)nc1-c1cnn(C(CC#N)C2CC2)c1. The fraction of sp³-hybridized carbons (Fsp3) is 0.407. The van der Waals surface area contributed by atoms with Gasteiger partial charge in [0, 0.05) is 42.0 Å². The van der Waals surface area contributed by atoms with Gasteiger partial charge in [-0.15, -0.1) is 0 Å². The van der Waals surface area contributed by atoms with Crippen molar-refractivity contribution in [1.82, 2.24) is 24.6 Å². The van der Waals surface area contributed by atoms with Crippen molar-refractivity contribution in [2.45, 2.75) is 38.1 Å². The smallest absolute Gasteiger partial charge is 0.253 e. The van der Waals surface area contributed by atoms with Gasteiger partial charge in [-0.1, -0.05) is 6.07 Å². The Hall–Kier alpha value is -4.44. The van der Waals surface area contributed by atoms with E-state index in [4.69, 9.17) is 10.00 Å². The first-order chi connectivity index (χ1) is 18.1. The van der Waals surface area contributed by atoms with E-state index in [0.717, 1.165) is 18.4 Å². The molecule has 188 valence electrons. The summed E-state index contributed by atoms with van der Waals surface area (Å²) in [7, 11) is 1.57. The molecule has 3 aromatic rings. The maximum absolute atomic E-state index is 13.0. The van der Waals surface area contributed by atoms with Crippen molar-refractivity contribution in [2.24, 2.45) is 11.8 Å². The third kappa shape index (κ3) is 5.39. The summed E-state index contributed by atoms with van der Waals surface area (Å²) in [5, 5.41) is 26.1. The number of methoxy groups -OCH3 is 1. The van der Waals surface area contributed by atoms with E-state index in [-0.39, 0.29) is 17.9 Å². The van der Waals surface area contributed by atoms with Crippen LogP contribution in [0.2, 0.25) is 0 Å². The second-order valence-electron chi connectivity index (χ2n) is 9.49. The molecule has 1 aromatic carbocycles. The molecule has 1 saturated carbocycles. The molecule has 0 spiro atoms. The highest BCUT2D eigenvalue weighted by atomic mass is 16.5. The predicted molar refractivity (Wildman–Crippen MR) is 136 cm³/mol. The lowest BCUT2D eigenvalue weighted by atomic mass is 9.98. The molecule has 1 amide bonds. The van der Waals surface area contributed by atoms with Gasteiger partial charge in [0.1, 0.15) is 5.69 Å². The fourth-order valence-electron chi connectivity index (χ4n) is 4.73. The number of amides is 1. The lowest BCUT2D eigenvalue weighted by Crippen LogP contribution is -2.38. The van der Waals surface area contributed by atoms with Crippen LogP contribution in [-0.4, -0.2) is 50.8 Å². The van der Waals surface area contributed by atoms with Crippen LogP contribution in [0.15, 0.2) is 42.9 Å². The van der Waals surface area contributed by atoms with Crippen LogP contribution in [0.4, 0.5) is 11.6 Å². The Kier molecular flexibility index (Phi) is 7.00. The van der Waals surface area contributed by atoms with Crippen LogP contribution in [-0.2, 0) is 0 Å². The summed E-state index contributed by atoms with van der Waals surface area (Å²) >= 11 is 0. The molecule has 10 heteroatoms. The van der Waals surface area contributed by atoms with Crippen LogP contribution in [0.25, 0.3) is 11.3 Å². The quantitative estimate of drug-likeness (QED) is 0.487. The molecule has 1 aliphatic carbocycles. The number of nitrogens with one attached hydrogen (secondary N) is 1. The van der Waals surface area contributed by atoms with Crippen molar-refractivity contribution in [1.29, 1.82) is 10.5 Å². The number of anilines is 2. The fourth-order valence-corrected chi connectivity index (χ4v) is 4.73. The zero-order chi connectivity index (χ0) is 25.8. The molecule has 1 atom stereocenters. The minimum Gasteiger partial charge on any atom is -0.493 e. The highest BCUT2D eigenvalue weighted by Crippen LogP contribution is 2.41. The van der Waals surface area contributed by atoms with Gasteiger partial charge in [0.05, 0.1) is 44.1 Å². The number of nitrogens with zero attached hydrogens (tertiary/aromatic N) is 7. The first-order valence-electron chi connectivity index (χ1n) is 12.5. The van der Waals surface area contributed by atoms with Gasteiger partial charge in [0.15, 0.2) is 5.75 Å². The topological polar surface area (TPSA) is 133 Å². The average molecular weight is 497 g/mol. The standard InChI is InChI=1S/C27H28N8O2/c1-37-24-16-30-27(33-25(24)21-15-31-35(17-21)23(7-10-28)19-5-6-19)32-22-4-2-3-20(13-22)26(36)34-11-8-18(14-29)9-12-34/h2-4,13,15-19,23H,5-9,11-12H2,1H3,(H,30,32,33). The van der Waals surface area contributed by atoms with Gasteiger partial charge in [-0.2, -0.15) is 15.6 Å². The minimum absolute atomic E-state index is 0.0245. The molecule has 0 bridgehead atoms. The second-order valence-corrected chi connectivity index (χ2v) is 9.49. The number of likely N-dealkylation sites (tertiary alicyclic amines) is 1. The van der Waals surface area contributed by atoms with Gasteiger partial charge in [0.2, 0.25) is 5.95 Å². The molecule has 2 fully saturated rings. The van der Waals surface area contributed by atoms with Gasteiger partial charge >= 0.3 is 0 Å². The molecule has 1 N–H and O–H groups in total. The molecule has 2 aromatic heterocycles. The van der Waals surface area contributed by atoms with Crippen LogP contribution in [0.3, 0.4) is 0 Å². The van der Waals surface area contributed by atoms with E-state index in [2.05, 4.69) is 32.5 Å². The van der Waals surface area contributed by atoms with Gasteiger partial charge in [-0.05, 0) is 49.8 Å². The number of piperidine rings is 1. The highest BCUT2D eigenvalue weighted by molar-refractivity contribution is 5.95. The van der Waals surface area contributed by atoms with Crippen LogP contribution < -0.4 is 10.1 Å². The third-order valence-electron chi connectivity index (χ3n) is 6.99. The number of nitriles is 2. The number of aromatic nitrogens is 4. The summed E-state index contributed by atoms with van der Waals surface area (Å²) in [5.74, 6) is 1.34. The van der Waals surface area contributed by atoms with E-state index in [1.165, 1.54) is 0 Å². The molecule has 1 aliphatic heterocycles. The number of hydrogen-bond donors (Lipinski definition) is 1. The highest BCUT2D eigenvalue weighted by Gasteiger charge is 2.33. The van der Waals surface area contributed by atoms with Crippen LogP contribution in [0, 0.1) is 34.5 Å². The summed E-state index contributed by atoms with van der Waals surface area (Å²) in [6.07, 6.45) is 9.31. The number of carbonyl (C=O) groups excluding carboxylic acids is 1. The molecule has 0 radical (unpaired) electrons. The number of carbonyl (C=O) groups is 1. The van der Waals surface area contributed by atoms with E-state index in [0.29, 0.717) is 66.9 Å². The Bertz CT molecular complexity index is 1360. The molecular weight excluding hydrogens is 468 g/mol. The van der Waals surface area contributed by atoms with Crippen molar-refractivity contribution in [3.63, 3.8) is 0 Å². The molecule has 1 unspecified atom stereocenters. The first-order valence-corrected chi connectivity index (χ1v) is 12.5. The Morgan fingerprint density at radius 1 is 1.22 bits per heavy atom. The van der Waals surface area contributed by atoms with E-state index in [1.54, 1.807) is 36.5 Å². The van der Waals surface area contributed by atoms with Gasteiger partial charge in [-0.25, -0.2) is 9.97 Å². The lowest BCUT2D eigenvalue weighted by molar-refractivity contribution is 0.0707. The zero-order valence-corrected chi connectivity index (χ0v) is 20.7. The van der Waals surface area contributed by atoms with Crippen LogP contribution >= 0.6 is 0 Å². The number of hydrogen-bond acceptors (Lipinski definition) is 8. The summed E-state index contributed by atoms with van der Waals surface area (Å²) in [4.78, 5) is 23.9. The van der Waals surface area contributed by atoms with Crippen molar-refractivity contribution < 1.29 is 9.53 Å². The van der Waals surface area contributed by atoms with Crippen LogP contribution in [0.1, 0.15) is 48.5 Å². The molecule has 37 heavy (non-hydrogen) atoms. The van der Waals surface area contributed by atoms with Gasteiger partial charge < -0.3 is 15.0 Å². The Labute approximate surface area is 215 Å². The number of benzene rings is 1. The molecular formula is C27H28N8O2. The van der Waals surface area contributed by atoms with E-state index in [9.17, 15) is 10.1 Å². The Morgan fingerprint density at radius 2 is 2.03 bits per heavy atom. The van der Waals surface area contributed by atoms with Gasteiger partial charge in [-0.3, -0.25) is 9.48 Å². The number of rotatable bonds is 8. The van der Waals surface area contributed by atoms with E-state index in [1.807, 2.05) is 23.0 Å². The molecule has 1 saturated heterocycles. The van der Waals surface area contributed by atoms with Crippen molar-refractivity contribution in [2.75, 3.05) is 25.5 Å². The summed E-state index contributed by atoms with van der Waals surface area (Å²) in [5.41, 5.74) is 2.62. The first kappa shape index (κ1) is 24.3. The normalized spacial score (nSPS) is 16.5. The monoisotopic (exact) mass is 496 g/mol.